The molecule has 0 radical (unpaired) electrons. The molecule has 300 valence electrons. The van der Waals surface area contributed by atoms with Gasteiger partial charge in [-0.15, -0.1) is 0 Å². The number of halogens is 2. The fraction of sp³-hybridized carbons (Fsp3) is 0.208. The topological polar surface area (TPSA) is 18.5 Å². The summed E-state index contributed by atoms with van der Waals surface area (Å²) in [6.45, 7) is 18.5. The highest BCUT2D eigenvalue weighted by Crippen LogP contribution is 2.15. The van der Waals surface area contributed by atoms with Crippen LogP contribution in [-0.2, 0) is 0 Å². The van der Waals surface area contributed by atoms with Crippen molar-refractivity contribution in [2.24, 2.45) is 0 Å². The van der Waals surface area contributed by atoms with E-state index in [1.54, 1.807) is 14.2 Å². The van der Waals surface area contributed by atoms with Gasteiger partial charge in [-0.3, -0.25) is 0 Å². The lowest BCUT2D eigenvalue weighted by molar-refractivity contribution is 0.411. The van der Waals surface area contributed by atoms with Crippen molar-refractivity contribution in [2.75, 3.05) is 14.2 Å². The molecule has 57 heavy (non-hydrogen) atoms. The van der Waals surface area contributed by atoms with Crippen LogP contribution in [0.1, 0.15) is 50.1 Å². The molecule has 0 saturated carbocycles. The van der Waals surface area contributed by atoms with Crippen LogP contribution in [0.5, 0.6) is 11.5 Å². The van der Waals surface area contributed by atoms with Gasteiger partial charge in [0, 0.05) is 10.0 Å². The molecule has 0 heterocycles. The summed E-state index contributed by atoms with van der Waals surface area (Å²) in [5.41, 5.74) is 11.4. The van der Waals surface area contributed by atoms with Crippen molar-refractivity contribution in [3.05, 3.63) is 236 Å². The smallest absolute Gasteiger partial charge is 0.121 e. The van der Waals surface area contributed by atoms with E-state index in [9.17, 15) is 0 Å². The average Bonchev–Trinajstić information content (AvgIpc) is 3.20. The summed E-state index contributed by atoms with van der Waals surface area (Å²) < 4.78 is 10.0. The zero-order valence-electron chi connectivity index (χ0n) is 35.8. The van der Waals surface area contributed by atoms with Crippen LogP contribution < -0.4 is 9.47 Å². The highest BCUT2D eigenvalue weighted by Gasteiger charge is 1.91. The van der Waals surface area contributed by atoms with Crippen LogP contribution in [0.2, 0.25) is 10.0 Å². The van der Waals surface area contributed by atoms with E-state index in [-0.39, 0.29) is 0 Å². The van der Waals surface area contributed by atoms with Crippen molar-refractivity contribution in [1.29, 1.82) is 0 Å². The van der Waals surface area contributed by atoms with Gasteiger partial charge >= 0.3 is 0 Å². The summed E-state index contributed by atoms with van der Waals surface area (Å²) in [6, 6.07) is 58.7. The molecule has 0 spiro atoms. The summed E-state index contributed by atoms with van der Waals surface area (Å²) in [4.78, 5) is 0. The first kappa shape index (κ1) is 49.7. The molecule has 0 aromatic heterocycles. The highest BCUT2D eigenvalue weighted by atomic mass is 35.5. The Morgan fingerprint density at radius 2 is 0.702 bits per heavy atom. The molecule has 0 amide bonds. The van der Waals surface area contributed by atoms with Crippen LogP contribution in [0.4, 0.5) is 0 Å². The van der Waals surface area contributed by atoms with Crippen molar-refractivity contribution < 1.29 is 9.47 Å². The fourth-order valence-electron chi connectivity index (χ4n) is 4.49. The predicted molar refractivity (Wildman–Crippen MR) is 251 cm³/mol. The van der Waals surface area contributed by atoms with Crippen LogP contribution in [0.15, 0.2) is 176 Å². The highest BCUT2D eigenvalue weighted by molar-refractivity contribution is 6.31. The second kappa shape index (κ2) is 29.9. The van der Waals surface area contributed by atoms with E-state index < -0.39 is 0 Å². The maximum Gasteiger partial charge on any atom is 0.121 e. The second-order valence-electron chi connectivity index (χ2n) is 13.5. The number of hydrogen-bond donors (Lipinski definition) is 0. The van der Waals surface area contributed by atoms with Crippen LogP contribution in [-0.4, -0.2) is 14.2 Å². The number of para-hydroxylation sites is 1. The maximum atomic E-state index is 5.71. The molecule has 7 aromatic carbocycles. The van der Waals surface area contributed by atoms with E-state index >= 15 is 0 Å². The molecule has 0 fully saturated rings. The second-order valence-corrected chi connectivity index (χ2v) is 14.3. The fourth-order valence-corrected chi connectivity index (χ4v) is 4.87. The first-order valence-corrected chi connectivity index (χ1v) is 19.7. The Morgan fingerprint density at radius 1 is 0.316 bits per heavy atom. The third kappa shape index (κ3) is 25.5. The molecule has 0 aliphatic heterocycles. The van der Waals surface area contributed by atoms with Crippen molar-refractivity contribution in [3.63, 3.8) is 0 Å². The molecule has 0 N–H and O–H groups in total. The predicted octanol–water partition coefficient (Wildman–Crippen LogP) is 15.9. The van der Waals surface area contributed by atoms with Gasteiger partial charge in [0.2, 0.25) is 0 Å². The molecule has 0 atom stereocenters. The molecule has 4 heteroatoms. The normalized spacial score (nSPS) is 9.14. The Labute approximate surface area is 355 Å². The summed E-state index contributed by atoms with van der Waals surface area (Å²) in [6.07, 6.45) is 0. The minimum absolute atomic E-state index is 0.810. The monoisotopic (exact) mass is 800 g/mol. The van der Waals surface area contributed by atoms with E-state index in [1.807, 2.05) is 143 Å². The average molecular weight is 802 g/mol. The van der Waals surface area contributed by atoms with Crippen LogP contribution in [0.25, 0.3) is 0 Å². The van der Waals surface area contributed by atoms with Crippen molar-refractivity contribution in [2.45, 2.75) is 62.3 Å². The lowest BCUT2D eigenvalue weighted by atomic mass is 10.2. The summed E-state index contributed by atoms with van der Waals surface area (Å²) in [5, 5.41) is 1.65. The summed E-state index contributed by atoms with van der Waals surface area (Å²) in [5.74, 6) is 1.88. The van der Waals surface area contributed by atoms with Crippen LogP contribution in [0.3, 0.4) is 0 Å². The van der Waals surface area contributed by atoms with Gasteiger partial charge in [0.1, 0.15) is 11.5 Å². The molecular formula is C53H62Cl2O2. The lowest BCUT2D eigenvalue weighted by Gasteiger charge is -2.00. The first-order valence-electron chi connectivity index (χ1n) is 19.0. The van der Waals surface area contributed by atoms with E-state index in [4.69, 9.17) is 32.7 Å². The lowest BCUT2D eigenvalue weighted by Crippen LogP contribution is -1.84. The number of benzene rings is 7. The van der Waals surface area contributed by atoms with E-state index in [0.717, 1.165) is 27.1 Å². The molecule has 2 nitrogen and oxygen atoms in total. The quantitative estimate of drug-likeness (QED) is 0.173. The maximum absolute atomic E-state index is 5.71. The molecule has 0 bridgehead atoms. The third-order valence-electron chi connectivity index (χ3n) is 7.97. The zero-order valence-corrected chi connectivity index (χ0v) is 37.3. The van der Waals surface area contributed by atoms with Gasteiger partial charge in [0.15, 0.2) is 0 Å². The molecule has 0 unspecified atom stereocenters. The van der Waals surface area contributed by atoms with Crippen molar-refractivity contribution >= 4 is 23.2 Å². The molecule has 0 saturated heterocycles. The van der Waals surface area contributed by atoms with E-state index in [0.29, 0.717) is 0 Å². The van der Waals surface area contributed by atoms with Gasteiger partial charge in [-0.2, -0.15) is 0 Å². The number of rotatable bonds is 2. The minimum atomic E-state index is 0.810. The molecule has 7 aromatic rings. The summed E-state index contributed by atoms with van der Waals surface area (Å²) >= 11 is 11.4. The molecule has 0 aliphatic carbocycles. The Bertz CT molecular complexity index is 1930. The number of aryl methyl sites for hydroxylation is 9. The van der Waals surface area contributed by atoms with Gasteiger partial charge in [-0.1, -0.05) is 191 Å². The Hall–Kier alpha value is -5.28. The van der Waals surface area contributed by atoms with Crippen molar-refractivity contribution in [1.82, 2.24) is 0 Å². The Kier molecular flexibility index (Phi) is 26.1. The summed E-state index contributed by atoms with van der Waals surface area (Å²) in [7, 11) is 3.36. The number of hydrogen-bond acceptors (Lipinski definition) is 2. The zero-order chi connectivity index (χ0) is 42.4. The Balaban J connectivity index is 0.000000333. The largest absolute Gasteiger partial charge is 0.497 e. The van der Waals surface area contributed by atoms with Gasteiger partial charge in [0.05, 0.1) is 14.2 Å². The van der Waals surface area contributed by atoms with E-state index in [2.05, 4.69) is 95.3 Å². The number of methoxy groups -OCH3 is 2. The van der Waals surface area contributed by atoms with Crippen LogP contribution in [0, 0.1) is 62.3 Å². The first-order chi connectivity index (χ1) is 27.2. The number of ether oxygens (including phenoxy) is 2. The molecule has 0 aliphatic rings. The van der Waals surface area contributed by atoms with Gasteiger partial charge in [-0.25, -0.2) is 0 Å². The molecule has 7 rings (SSSR count). The Morgan fingerprint density at radius 3 is 0.982 bits per heavy atom. The standard InChI is InChI=1S/2C8H10O.2C8H10.2C7H7Cl.C7H8/c1-7-4-3-5-8(6-7)9-2;1-7-5-3-4-6-8(7)9-2;2*1-7-3-5-8(2)6-4-7;1-6-3-2-4-7(8)5-6;1-6-4-2-3-5-7(6)8;1-7-5-3-2-4-6-7/h2*3-6H,1-2H3;2*3-6H,1-2H3;2*2-5H,1H3;2-6H,1H3. The minimum Gasteiger partial charge on any atom is -0.497 e. The molecular weight excluding hydrogens is 739 g/mol. The van der Waals surface area contributed by atoms with Gasteiger partial charge in [0.25, 0.3) is 0 Å². The van der Waals surface area contributed by atoms with Gasteiger partial charge < -0.3 is 9.47 Å². The van der Waals surface area contributed by atoms with Gasteiger partial charge in [-0.05, 0) is 121 Å². The van der Waals surface area contributed by atoms with E-state index in [1.165, 1.54) is 44.5 Å². The van der Waals surface area contributed by atoms with Crippen molar-refractivity contribution in [3.8, 4) is 11.5 Å². The van der Waals surface area contributed by atoms with Crippen LogP contribution >= 0.6 is 23.2 Å². The SMILES string of the molecule is COc1cccc(C)c1.COc1ccccc1C.Cc1ccc(C)cc1.Cc1ccc(C)cc1.Cc1cccc(Cl)c1.Cc1ccccc1.Cc1ccccc1Cl. The third-order valence-corrected chi connectivity index (χ3v) is 8.63.